The summed E-state index contributed by atoms with van der Waals surface area (Å²) in [5.41, 5.74) is 5.37. The Bertz CT molecular complexity index is 645. The lowest BCUT2D eigenvalue weighted by Gasteiger charge is -2.36. The Kier molecular flexibility index (Phi) is 7.41. The zero-order valence-corrected chi connectivity index (χ0v) is 16.8. The Morgan fingerprint density at radius 2 is 2.00 bits per heavy atom. The van der Waals surface area contributed by atoms with Crippen molar-refractivity contribution in [2.45, 2.75) is 19.3 Å². The molecule has 0 aliphatic carbocycles. The molecule has 154 valence electrons. The lowest BCUT2D eigenvalue weighted by atomic mass is 9.95. The third-order valence-corrected chi connectivity index (χ3v) is 5.44. The second-order valence-electron chi connectivity index (χ2n) is 7.48. The maximum atomic E-state index is 11.2. The molecule has 0 aromatic carbocycles. The Balaban J connectivity index is 1.39. The molecule has 28 heavy (non-hydrogen) atoms. The van der Waals surface area contributed by atoms with Gasteiger partial charge in [-0.15, -0.1) is 0 Å². The molecule has 1 aromatic rings. The predicted octanol–water partition coefficient (Wildman–Crippen LogP) is -0.239. The first-order valence-electron chi connectivity index (χ1n) is 10.1. The number of aromatic nitrogens is 2. The van der Waals surface area contributed by atoms with Crippen LogP contribution in [0.25, 0.3) is 0 Å². The van der Waals surface area contributed by atoms with Crippen LogP contribution in [-0.4, -0.2) is 91.0 Å². The molecular weight excluding hydrogens is 356 g/mol. The molecule has 3 rings (SSSR count). The third-order valence-electron chi connectivity index (χ3n) is 5.44. The van der Waals surface area contributed by atoms with Gasteiger partial charge in [-0.3, -0.25) is 14.7 Å². The smallest absolute Gasteiger partial charge is 0.225 e. The molecule has 1 aromatic heterocycles. The number of piperazine rings is 1. The van der Waals surface area contributed by atoms with Crippen LogP contribution in [0.15, 0.2) is 23.5 Å². The van der Waals surface area contributed by atoms with Crippen LogP contribution in [0, 0.1) is 5.92 Å². The van der Waals surface area contributed by atoms with Gasteiger partial charge in [0.1, 0.15) is 0 Å². The summed E-state index contributed by atoms with van der Waals surface area (Å²) in [6.45, 7) is 7.54. The number of piperidine rings is 1. The number of hydrogen-bond donors (Lipinski definition) is 2. The van der Waals surface area contributed by atoms with Gasteiger partial charge in [0.25, 0.3) is 0 Å². The molecule has 0 spiro atoms. The minimum Gasteiger partial charge on any atom is -0.370 e. The summed E-state index contributed by atoms with van der Waals surface area (Å²) in [5, 5.41) is 3.48. The second-order valence-corrected chi connectivity index (χ2v) is 7.48. The highest BCUT2D eigenvalue weighted by atomic mass is 16.1. The molecule has 9 nitrogen and oxygen atoms in total. The van der Waals surface area contributed by atoms with Crippen molar-refractivity contribution in [3.8, 4) is 0 Å². The minimum absolute atomic E-state index is 0.213. The van der Waals surface area contributed by atoms with E-state index in [1.165, 1.54) is 0 Å². The molecular formula is C19H32N8O. The normalized spacial score (nSPS) is 21.6. The monoisotopic (exact) mass is 388 g/mol. The van der Waals surface area contributed by atoms with Crippen molar-refractivity contribution in [1.82, 2.24) is 25.1 Å². The molecule has 2 aliphatic rings. The minimum atomic E-state index is -0.213. The standard InChI is InChI=1S/C19H32N8O/c1-21-18(27-8-2-4-16(15-27)14-17(20)28)24-7-9-25-10-12-26(13-11-25)19-22-5-3-6-23-19/h3,5-6,16H,2,4,7-15H2,1H3,(H2,20,28)(H,21,24). The number of rotatable bonds is 6. The Morgan fingerprint density at radius 3 is 2.68 bits per heavy atom. The molecule has 0 saturated carbocycles. The van der Waals surface area contributed by atoms with Crippen molar-refractivity contribution in [1.29, 1.82) is 0 Å². The van der Waals surface area contributed by atoms with Gasteiger partial charge in [-0.05, 0) is 24.8 Å². The summed E-state index contributed by atoms with van der Waals surface area (Å²) in [4.78, 5) is 31.2. The van der Waals surface area contributed by atoms with Crippen LogP contribution in [0.3, 0.4) is 0 Å². The average Bonchev–Trinajstić information content (AvgIpc) is 2.72. The molecule has 1 unspecified atom stereocenters. The topological polar surface area (TPSA) is 103 Å². The summed E-state index contributed by atoms with van der Waals surface area (Å²) in [6, 6.07) is 1.84. The van der Waals surface area contributed by atoms with Crippen LogP contribution in [0.4, 0.5) is 5.95 Å². The molecule has 2 aliphatic heterocycles. The number of nitrogens with one attached hydrogen (secondary N) is 1. The van der Waals surface area contributed by atoms with E-state index in [0.29, 0.717) is 12.3 Å². The maximum absolute atomic E-state index is 11.2. The van der Waals surface area contributed by atoms with Gasteiger partial charge in [0, 0.05) is 78.2 Å². The first-order chi connectivity index (χ1) is 13.7. The molecule has 2 saturated heterocycles. The molecule has 3 heterocycles. The van der Waals surface area contributed by atoms with Gasteiger partial charge in [0.05, 0.1) is 0 Å². The van der Waals surface area contributed by atoms with E-state index in [4.69, 9.17) is 5.73 Å². The zero-order valence-electron chi connectivity index (χ0n) is 16.8. The van der Waals surface area contributed by atoms with Crippen LogP contribution < -0.4 is 16.0 Å². The van der Waals surface area contributed by atoms with Crippen LogP contribution in [0.1, 0.15) is 19.3 Å². The number of carbonyl (C=O) groups excluding carboxylic acids is 1. The first kappa shape index (κ1) is 20.3. The highest BCUT2D eigenvalue weighted by molar-refractivity contribution is 5.80. The van der Waals surface area contributed by atoms with E-state index in [9.17, 15) is 4.79 Å². The number of anilines is 1. The van der Waals surface area contributed by atoms with E-state index in [-0.39, 0.29) is 5.91 Å². The van der Waals surface area contributed by atoms with E-state index in [0.717, 1.165) is 77.1 Å². The Morgan fingerprint density at radius 1 is 1.25 bits per heavy atom. The first-order valence-corrected chi connectivity index (χ1v) is 10.1. The largest absolute Gasteiger partial charge is 0.370 e. The van der Waals surface area contributed by atoms with E-state index >= 15 is 0 Å². The number of nitrogens with zero attached hydrogens (tertiary/aromatic N) is 6. The SMILES string of the molecule is CN=C(NCCN1CCN(c2ncccn2)CC1)N1CCCC(CC(N)=O)C1. The number of aliphatic imine (C=N–C) groups is 1. The maximum Gasteiger partial charge on any atom is 0.225 e. The summed E-state index contributed by atoms with van der Waals surface area (Å²) in [5.74, 6) is 1.86. The van der Waals surface area contributed by atoms with Gasteiger partial charge in [-0.25, -0.2) is 9.97 Å². The summed E-state index contributed by atoms with van der Waals surface area (Å²) in [6.07, 6.45) is 6.18. The number of primary amides is 1. The third kappa shape index (κ3) is 5.79. The molecule has 3 N–H and O–H groups in total. The predicted molar refractivity (Wildman–Crippen MR) is 110 cm³/mol. The fourth-order valence-electron chi connectivity index (χ4n) is 3.99. The number of amides is 1. The highest BCUT2D eigenvalue weighted by Crippen LogP contribution is 2.19. The number of likely N-dealkylation sites (tertiary alicyclic amines) is 1. The van der Waals surface area contributed by atoms with Crippen LogP contribution >= 0.6 is 0 Å². The van der Waals surface area contributed by atoms with Crippen LogP contribution in [0.5, 0.6) is 0 Å². The lowest BCUT2D eigenvalue weighted by Crippen LogP contribution is -2.51. The van der Waals surface area contributed by atoms with Crippen molar-refractivity contribution in [2.75, 3.05) is 64.3 Å². The Hall–Kier alpha value is -2.42. The lowest BCUT2D eigenvalue weighted by molar-refractivity contribution is -0.119. The van der Waals surface area contributed by atoms with Crippen molar-refractivity contribution in [3.05, 3.63) is 18.5 Å². The van der Waals surface area contributed by atoms with Crippen LogP contribution in [-0.2, 0) is 4.79 Å². The van der Waals surface area contributed by atoms with E-state index < -0.39 is 0 Å². The van der Waals surface area contributed by atoms with Gasteiger partial charge in [-0.1, -0.05) is 0 Å². The Labute approximate surface area is 167 Å². The fourth-order valence-corrected chi connectivity index (χ4v) is 3.99. The molecule has 0 bridgehead atoms. The van der Waals surface area contributed by atoms with E-state index in [2.05, 4.69) is 35.0 Å². The van der Waals surface area contributed by atoms with Crippen molar-refractivity contribution in [3.63, 3.8) is 0 Å². The number of hydrogen-bond acceptors (Lipinski definition) is 6. The summed E-state index contributed by atoms with van der Waals surface area (Å²) < 4.78 is 0. The highest BCUT2D eigenvalue weighted by Gasteiger charge is 2.24. The van der Waals surface area contributed by atoms with Gasteiger partial charge >= 0.3 is 0 Å². The summed E-state index contributed by atoms with van der Waals surface area (Å²) in [7, 11) is 1.82. The quantitative estimate of drug-likeness (QED) is 0.512. The molecule has 1 amide bonds. The van der Waals surface area contributed by atoms with Crippen molar-refractivity contribution >= 4 is 17.8 Å². The molecule has 2 fully saturated rings. The van der Waals surface area contributed by atoms with Gasteiger partial charge in [0.2, 0.25) is 11.9 Å². The summed E-state index contributed by atoms with van der Waals surface area (Å²) >= 11 is 0. The zero-order chi connectivity index (χ0) is 19.8. The number of carbonyl (C=O) groups is 1. The second kappa shape index (κ2) is 10.2. The molecule has 0 radical (unpaired) electrons. The fraction of sp³-hybridized carbons (Fsp3) is 0.684. The molecule has 9 heteroatoms. The van der Waals surface area contributed by atoms with E-state index in [1.54, 1.807) is 12.4 Å². The van der Waals surface area contributed by atoms with Crippen molar-refractivity contribution in [2.24, 2.45) is 16.6 Å². The van der Waals surface area contributed by atoms with Crippen molar-refractivity contribution < 1.29 is 4.79 Å². The number of guanidine groups is 1. The van der Waals surface area contributed by atoms with Gasteiger partial charge in [-0.2, -0.15) is 0 Å². The van der Waals surface area contributed by atoms with Crippen LogP contribution in [0.2, 0.25) is 0 Å². The molecule has 1 atom stereocenters. The van der Waals surface area contributed by atoms with Gasteiger partial charge in [0.15, 0.2) is 5.96 Å². The average molecular weight is 389 g/mol. The number of nitrogens with two attached hydrogens (primary N) is 1. The van der Waals surface area contributed by atoms with E-state index in [1.807, 2.05) is 13.1 Å². The van der Waals surface area contributed by atoms with Gasteiger partial charge < -0.3 is 20.9 Å².